The summed E-state index contributed by atoms with van der Waals surface area (Å²) < 4.78 is 6.72. The van der Waals surface area contributed by atoms with Crippen LogP contribution in [0.3, 0.4) is 0 Å². The molecular formula is C11H16IN3O. The topological polar surface area (TPSA) is 38.2 Å². The van der Waals surface area contributed by atoms with E-state index in [0.717, 1.165) is 10.2 Å². The largest absolute Gasteiger partial charge is 0.475 e. The lowest BCUT2D eigenvalue weighted by Gasteiger charge is -2.31. The van der Waals surface area contributed by atoms with Crippen LogP contribution < -0.4 is 4.74 Å². The highest BCUT2D eigenvalue weighted by Gasteiger charge is 2.19. The van der Waals surface area contributed by atoms with Crippen molar-refractivity contribution in [1.29, 1.82) is 0 Å². The van der Waals surface area contributed by atoms with Gasteiger partial charge in [0, 0.05) is 12.2 Å². The lowest BCUT2D eigenvalue weighted by molar-refractivity contribution is 0.122. The first-order chi connectivity index (χ1) is 7.77. The van der Waals surface area contributed by atoms with Crippen LogP contribution in [0.25, 0.3) is 0 Å². The molecule has 0 bridgehead atoms. The molecule has 0 N–H and O–H groups in total. The normalized spacial score (nSPS) is 22.0. The molecule has 1 fully saturated rings. The molecule has 1 aliphatic rings. The monoisotopic (exact) mass is 333 g/mol. The second kappa shape index (κ2) is 5.77. The van der Waals surface area contributed by atoms with Crippen molar-refractivity contribution in [3.05, 3.63) is 16.1 Å². The van der Waals surface area contributed by atoms with Crippen molar-refractivity contribution >= 4 is 22.6 Å². The first-order valence-corrected chi connectivity index (χ1v) is 6.64. The minimum absolute atomic E-state index is 0.527. The Labute approximate surface area is 110 Å². The van der Waals surface area contributed by atoms with Gasteiger partial charge in [0.25, 0.3) is 0 Å². The van der Waals surface area contributed by atoms with E-state index in [2.05, 4.69) is 44.5 Å². The molecule has 0 spiro atoms. The number of piperidine rings is 1. The fourth-order valence-corrected chi connectivity index (χ4v) is 2.39. The second-order valence-corrected chi connectivity index (χ2v) is 5.28. The van der Waals surface area contributed by atoms with Crippen molar-refractivity contribution < 1.29 is 4.74 Å². The molecule has 2 rings (SSSR count). The molecule has 16 heavy (non-hydrogen) atoms. The van der Waals surface area contributed by atoms with E-state index in [9.17, 15) is 0 Å². The minimum Gasteiger partial charge on any atom is -0.475 e. The third-order valence-corrected chi connectivity index (χ3v) is 3.71. The molecule has 88 valence electrons. The van der Waals surface area contributed by atoms with Gasteiger partial charge in [-0.1, -0.05) is 6.42 Å². The predicted octanol–water partition coefficient (Wildman–Crippen LogP) is 1.94. The summed E-state index contributed by atoms with van der Waals surface area (Å²) in [6.07, 6.45) is 7.13. The van der Waals surface area contributed by atoms with Crippen LogP contribution >= 0.6 is 22.6 Å². The van der Waals surface area contributed by atoms with Crippen molar-refractivity contribution in [2.24, 2.45) is 0 Å². The minimum atomic E-state index is 0.527. The fraction of sp³-hybridized carbons (Fsp3) is 0.636. The Balaban J connectivity index is 1.89. The molecule has 0 radical (unpaired) electrons. The van der Waals surface area contributed by atoms with Gasteiger partial charge in [-0.2, -0.15) is 0 Å². The summed E-state index contributed by atoms with van der Waals surface area (Å²) in [6.45, 7) is 1.90. The van der Waals surface area contributed by atoms with E-state index < -0.39 is 0 Å². The first-order valence-electron chi connectivity index (χ1n) is 5.56. The standard InChI is InChI=1S/C11H16IN3O/c1-15-5-3-2-4-9(15)7-16-11-10(12)6-13-8-14-11/h6,8-9H,2-5,7H2,1H3. The van der Waals surface area contributed by atoms with Crippen LogP contribution in [0.1, 0.15) is 19.3 Å². The van der Waals surface area contributed by atoms with Gasteiger partial charge >= 0.3 is 0 Å². The molecule has 1 unspecified atom stereocenters. The number of halogens is 1. The summed E-state index contributed by atoms with van der Waals surface area (Å²) in [5.74, 6) is 0.703. The van der Waals surface area contributed by atoms with Crippen LogP contribution in [0.5, 0.6) is 5.88 Å². The van der Waals surface area contributed by atoms with Gasteiger partial charge in [0.2, 0.25) is 5.88 Å². The van der Waals surface area contributed by atoms with Crippen LogP contribution in [0.4, 0.5) is 0 Å². The summed E-state index contributed by atoms with van der Waals surface area (Å²) in [5.41, 5.74) is 0. The zero-order valence-electron chi connectivity index (χ0n) is 9.40. The molecule has 0 aromatic carbocycles. The highest BCUT2D eigenvalue weighted by molar-refractivity contribution is 14.1. The Morgan fingerprint density at radius 1 is 1.56 bits per heavy atom. The summed E-state index contributed by atoms with van der Waals surface area (Å²) in [7, 11) is 2.16. The lowest BCUT2D eigenvalue weighted by Crippen LogP contribution is -2.40. The average Bonchev–Trinajstić information content (AvgIpc) is 2.30. The lowest BCUT2D eigenvalue weighted by atomic mass is 10.0. The van der Waals surface area contributed by atoms with Gasteiger partial charge in [0.1, 0.15) is 12.9 Å². The maximum absolute atomic E-state index is 5.75. The van der Waals surface area contributed by atoms with Gasteiger partial charge < -0.3 is 9.64 Å². The Hall–Kier alpha value is -0.430. The van der Waals surface area contributed by atoms with E-state index in [-0.39, 0.29) is 0 Å². The van der Waals surface area contributed by atoms with E-state index in [4.69, 9.17) is 4.74 Å². The molecule has 1 aromatic heterocycles. The average molecular weight is 333 g/mol. The van der Waals surface area contributed by atoms with Gasteiger partial charge in [-0.3, -0.25) is 0 Å². The number of ether oxygens (including phenoxy) is 1. The van der Waals surface area contributed by atoms with E-state index in [1.165, 1.54) is 32.1 Å². The van der Waals surface area contributed by atoms with Crippen molar-refractivity contribution in [3.8, 4) is 5.88 Å². The molecule has 2 heterocycles. The Morgan fingerprint density at radius 3 is 3.19 bits per heavy atom. The fourth-order valence-electron chi connectivity index (χ4n) is 1.94. The Bertz CT molecular complexity index is 348. The van der Waals surface area contributed by atoms with Crippen LogP contribution in [0, 0.1) is 3.57 Å². The highest BCUT2D eigenvalue weighted by Crippen LogP contribution is 2.19. The molecule has 0 amide bonds. The molecule has 5 heteroatoms. The third-order valence-electron chi connectivity index (χ3n) is 2.97. The molecule has 1 aromatic rings. The maximum atomic E-state index is 5.75. The van der Waals surface area contributed by atoms with Crippen LogP contribution in [0.15, 0.2) is 12.5 Å². The summed E-state index contributed by atoms with van der Waals surface area (Å²) in [6, 6.07) is 0.527. The molecule has 0 aliphatic carbocycles. The quantitative estimate of drug-likeness (QED) is 0.793. The molecule has 1 saturated heterocycles. The second-order valence-electron chi connectivity index (χ2n) is 4.12. The van der Waals surface area contributed by atoms with Gasteiger partial charge in [0.15, 0.2) is 0 Å². The third kappa shape index (κ3) is 3.04. The van der Waals surface area contributed by atoms with E-state index >= 15 is 0 Å². The molecule has 1 atom stereocenters. The predicted molar refractivity (Wildman–Crippen MR) is 70.5 cm³/mol. The van der Waals surface area contributed by atoms with E-state index in [1.807, 2.05) is 0 Å². The van der Waals surface area contributed by atoms with Crippen molar-refractivity contribution in [1.82, 2.24) is 14.9 Å². The van der Waals surface area contributed by atoms with Crippen molar-refractivity contribution in [2.45, 2.75) is 25.3 Å². The van der Waals surface area contributed by atoms with Crippen LogP contribution in [-0.2, 0) is 0 Å². The van der Waals surface area contributed by atoms with Crippen LogP contribution in [-0.4, -0.2) is 41.1 Å². The van der Waals surface area contributed by atoms with Gasteiger partial charge in [0.05, 0.1) is 3.57 Å². The van der Waals surface area contributed by atoms with Gasteiger partial charge in [-0.05, 0) is 49.0 Å². The highest BCUT2D eigenvalue weighted by atomic mass is 127. The zero-order chi connectivity index (χ0) is 11.4. The Kier molecular flexibility index (Phi) is 4.34. The summed E-state index contributed by atoms with van der Waals surface area (Å²) >= 11 is 2.20. The number of likely N-dealkylation sites (tertiary alicyclic amines) is 1. The number of hydrogen-bond donors (Lipinski definition) is 0. The van der Waals surface area contributed by atoms with Crippen molar-refractivity contribution in [2.75, 3.05) is 20.2 Å². The number of rotatable bonds is 3. The molecule has 4 nitrogen and oxygen atoms in total. The molecular weight excluding hydrogens is 317 g/mol. The van der Waals surface area contributed by atoms with E-state index in [0.29, 0.717) is 11.9 Å². The van der Waals surface area contributed by atoms with Crippen LogP contribution in [0.2, 0.25) is 0 Å². The maximum Gasteiger partial charge on any atom is 0.230 e. The molecule has 1 aliphatic heterocycles. The number of hydrogen-bond acceptors (Lipinski definition) is 4. The number of nitrogens with zero attached hydrogens (tertiary/aromatic N) is 3. The number of likely N-dealkylation sites (N-methyl/N-ethyl adjacent to an activating group) is 1. The number of aromatic nitrogens is 2. The Morgan fingerprint density at radius 2 is 2.44 bits per heavy atom. The van der Waals surface area contributed by atoms with E-state index in [1.54, 1.807) is 6.20 Å². The first kappa shape index (κ1) is 12.0. The summed E-state index contributed by atoms with van der Waals surface area (Å²) in [4.78, 5) is 10.4. The molecule has 0 saturated carbocycles. The van der Waals surface area contributed by atoms with Gasteiger partial charge in [-0.25, -0.2) is 9.97 Å². The SMILES string of the molecule is CN1CCCCC1COc1ncncc1I. The van der Waals surface area contributed by atoms with Gasteiger partial charge in [-0.15, -0.1) is 0 Å². The van der Waals surface area contributed by atoms with Crippen molar-refractivity contribution in [3.63, 3.8) is 0 Å². The smallest absolute Gasteiger partial charge is 0.230 e. The zero-order valence-corrected chi connectivity index (χ0v) is 11.6. The summed E-state index contributed by atoms with van der Waals surface area (Å²) in [5, 5.41) is 0.